The van der Waals surface area contributed by atoms with E-state index in [2.05, 4.69) is 22.5 Å². The molecule has 0 spiro atoms. The van der Waals surface area contributed by atoms with E-state index in [1.54, 1.807) is 0 Å². The number of carbonyl (C=O) groups is 1. The lowest BCUT2D eigenvalue weighted by atomic mass is 10.2. The van der Waals surface area contributed by atoms with Crippen molar-refractivity contribution in [3.05, 3.63) is 42.2 Å². The third kappa shape index (κ3) is 2.84. The highest BCUT2D eigenvalue weighted by atomic mass is 16.2. The van der Waals surface area contributed by atoms with Gasteiger partial charge in [-0.3, -0.25) is 4.79 Å². The first-order chi connectivity index (χ1) is 10.1. The number of carbonyl (C=O) groups excluding carboxylic acids is 1. The van der Waals surface area contributed by atoms with Gasteiger partial charge in [-0.1, -0.05) is 24.3 Å². The molecule has 4 heteroatoms. The molecule has 2 aromatic rings. The largest absolute Gasteiger partial charge is 0.346 e. The highest BCUT2D eigenvalue weighted by Crippen LogP contribution is 2.30. The summed E-state index contributed by atoms with van der Waals surface area (Å²) in [6, 6.07) is 7.96. The van der Waals surface area contributed by atoms with Crippen molar-refractivity contribution >= 4 is 16.9 Å². The first kappa shape index (κ1) is 13.9. The zero-order valence-electron chi connectivity index (χ0n) is 12.6. The molecule has 1 fully saturated rings. The number of nitrogens with one attached hydrogen (secondary N) is 1. The smallest absolute Gasteiger partial charge is 0.223 e. The van der Waals surface area contributed by atoms with Crippen LogP contribution >= 0.6 is 0 Å². The van der Waals surface area contributed by atoms with E-state index >= 15 is 0 Å². The summed E-state index contributed by atoms with van der Waals surface area (Å²) in [7, 11) is 0. The van der Waals surface area contributed by atoms with Crippen LogP contribution in [0.1, 0.15) is 38.6 Å². The van der Waals surface area contributed by atoms with Crippen molar-refractivity contribution < 1.29 is 4.79 Å². The fraction of sp³-hybridized carbons (Fsp3) is 0.412. The predicted octanol–water partition coefficient (Wildman–Crippen LogP) is 3.20. The third-order valence-corrected chi connectivity index (χ3v) is 3.81. The van der Waals surface area contributed by atoms with Gasteiger partial charge < -0.3 is 9.88 Å². The average molecular weight is 283 g/mol. The van der Waals surface area contributed by atoms with Crippen molar-refractivity contribution in [1.82, 2.24) is 14.9 Å². The van der Waals surface area contributed by atoms with Crippen LogP contribution in [-0.2, 0) is 11.3 Å². The lowest BCUT2D eigenvalue weighted by Crippen LogP contribution is -2.29. The van der Waals surface area contributed by atoms with Crippen LogP contribution in [0.2, 0.25) is 0 Å². The molecule has 4 nitrogen and oxygen atoms in total. The van der Waals surface area contributed by atoms with Crippen molar-refractivity contribution in [2.75, 3.05) is 0 Å². The van der Waals surface area contributed by atoms with Gasteiger partial charge in [-0.2, -0.15) is 0 Å². The summed E-state index contributed by atoms with van der Waals surface area (Å²) in [5, 5.41) is 3.08. The van der Waals surface area contributed by atoms with Crippen LogP contribution in [0.15, 0.2) is 36.4 Å². The normalized spacial score (nSPS) is 15.9. The van der Waals surface area contributed by atoms with Crippen LogP contribution in [0.25, 0.3) is 11.0 Å². The first-order valence-corrected chi connectivity index (χ1v) is 7.46. The van der Waals surface area contributed by atoms with Crippen molar-refractivity contribution in [2.45, 2.75) is 39.3 Å². The Bertz CT molecular complexity index is 697. The molecule has 0 radical (unpaired) electrons. The summed E-state index contributed by atoms with van der Waals surface area (Å²) in [4.78, 5) is 16.7. The van der Waals surface area contributed by atoms with Crippen LogP contribution in [0, 0.1) is 5.92 Å². The molecular formula is C17H21N3O. The van der Waals surface area contributed by atoms with Gasteiger partial charge in [-0.05, 0) is 38.8 Å². The number of para-hydroxylation sites is 2. The maximum atomic E-state index is 12.0. The summed E-state index contributed by atoms with van der Waals surface area (Å²) < 4.78 is 2.15. The van der Waals surface area contributed by atoms with Gasteiger partial charge in [0.15, 0.2) is 0 Å². The quantitative estimate of drug-likeness (QED) is 0.857. The molecule has 1 aromatic heterocycles. The molecule has 0 aliphatic heterocycles. The fourth-order valence-electron chi connectivity index (χ4n) is 2.60. The topological polar surface area (TPSA) is 46.9 Å². The van der Waals surface area contributed by atoms with Gasteiger partial charge in [-0.15, -0.1) is 0 Å². The maximum absolute atomic E-state index is 12.0. The van der Waals surface area contributed by atoms with E-state index in [9.17, 15) is 4.79 Å². The molecule has 1 aromatic carbocycles. The minimum absolute atomic E-state index is 0.0927. The van der Waals surface area contributed by atoms with E-state index in [0.29, 0.717) is 0 Å². The zero-order chi connectivity index (χ0) is 15.0. The number of allylic oxidation sites excluding steroid dienone is 1. The minimum Gasteiger partial charge on any atom is -0.346 e. The average Bonchev–Trinajstić information content (AvgIpc) is 3.22. The Labute approximate surface area is 124 Å². The second kappa shape index (κ2) is 5.35. The molecule has 3 rings (SSSR count). The predicted molar refractivity (Wildman–Crippen MR) is 83.8 cm³/mol. The second-order valence-corrected chi connectivity index (χ2v) is 6.01. The third-order valence-electron chi connectivity index (χ3n) is 3.81. The van der Waals surface area contributed by atoms with Gasteiger partial charge in [-0.25, -0.2) is 4.98 Å². The SMILES string of the molecule is C=C(C)Cn1c(C(C)NC(=O)C2CC2)nc2ccccc21. The summed E-state index contributed by atoms with van der Waals surface area (Å²) in [5.41, 5.74) is 3.12. The number of rotatable bonds is 5. The molecule has 110 valence electrons. The number of aromatic nitrogens is 2. The van der Waals surface area contributed by atoms with Crippen LogP contribution in [0.4, 0.5) is 0 Å². The summed E-state index contributed by atoms with van der Waals surface area (Å²) in [6.45, 7) is 8.72. The highest BCUT2D eigenvalue weighted by molar-refractivity contribution is 5.81. The Morgan fingerprint density at radius 3 is 2.86 bits per heavy atom. The number of benzene rings is 1. The zero-order valence-corrected chi connectivity index (χ0v) is 12.6. The van der Waals surface area contributed by atoms with Gasteiger partial charge in [0.05, 0.1) is 17.1 Å². The van der Waals surface area contributed by atoms with Gasteiger partial charge in [0.25, 0.3) is 0 Å². The van der Waals surface area contributed by atoms with Crippen LogP contribution < -0.4 is 5.32 Å². The maximum Gasteiger partial charge on any atom is 0.223 e. The Kier molecular flexibility index (Phi) is 3.53. The Hall–Kier alpha value is -2.10. The Morgan fingerprint density at radius 1 is 1.48 bits per heavy atom. The van der Waals surface area contributed by atoms with Gasteiger partial charge >= 0.3 is 0 Å². The van der Waals surface area contributed by atoms with Crippen LogP contribution in [-0.4, -0.2) is 15.5 Å². The van der Waals surface area contributed by atoms with E-state index < -0.39 is 0 Å². The van der Waals surface area contributed by atoms with E-state index in [-0.39, 0.29) is 17.9 Å². The van der Waals surface area contributed by atoms with Crippen LogP contribution in [0.3, 0.4) is 0 Å². The molecule has 21 heavy (non-hydrogen) atoms. The summed E-state index contributed by atoms with van der Waals surface area (Å²) >= 11 is 0. The van der Waals surface area contributed by atoms with E-state index in [1.807, 2.05) is 32.0 Å². The number of imidazole rings is 1. The number of fused-ring (bicyclic) bond motifs is 1. The number of amides is 1. The second-order valence-electron chi connectivity index (χ2n) is 6.01. The monoisotopic (exact) mass is 283 g/mol. The van der Waals surface area contributed by atoms with E-state index in [4.69, 9.17) is 4.98 Å². The van der Waals surface area contributed by atoms with Gasteiger partial charge in [0, 0.05) is 12.5 Å². The van der Waals surface area contributed by atoms with E-state index in [0.717, 1.165) is 41.8 Å². The van der Waals surface area contributed by atoms with Gasteiger partial charge in [0.1, 0.15) is 5.82 Å². The standard InChI is InChI=1S/C17H21N3O/c1-11(2)10-20-15-7-5-4-6-14(15)19-16(20)12(3)18-17(21)13-8-9-13/h4-7,12-13H,1,8-10H2,2-3H3,(H,18,21). The fourth-order valence-corrected chi connectivity index (χ4v) is 2.60. The first-order valence-electron chi connectivity index (χ1n) is 7.46. The number of hydrogen-bond donors (Lipinski definition) is 1. The summed E-state index contributed by atoms with van der Waals surface area (Å²) in [5.74, 6) is 1.26. The number of hydrogen-bond acceptors (Lipinski definition) is 2. The van der Waals surface area contributed by atoms with Crippen molar-refractivity contribution in [3.8, 4) is 0 Å². The minimum atomic E-state index is -0.0927. The molecule has 1 heterocycles. The summed E-state index contributed by atoms with van der Waals surface area (Å²) in [6.07, 6.45) is 2.03. The molecule has 1 atom stereocenters. The van der Waals surface area contributed by atoms with Crippen molar-refractivity contribution in [1.29, 1.82) is 0 Å². The Balaban J connectivity index is 1.95. The van der Waals surface area contributed by atoms with Gasteiger partial charge in [0.2, 0.25) is 5.91 Å². The molecule has 1 unspecified atom stereocenters. The lowest BCUT2D eigenvalue weighted by molar-refractivity contribution is -0.123. The van der Waals surface area contributed by atoms with E-state index in [1.165, 1.54) is 0 Å². The number of nitrogens with zero attached hydrogens (tertiary/aromatic N) is 2. The highest BCUT2D eigenvalue weighted by Gasteiger charge is 2.31. The Morgan fingerprint density at radius 2 is 2.19 bits per heavy atom. The molecule has 1 aliphatic carbocycles. The lowest BCUT2D eigenvalue weighted by Gasteiger charge is -2.16. The molecular weight excluding hydrogens is 262 g/mol. The molecule has 0 saturated heterocycles. The molecule has 1 aliphatic rings. The van der Waals surface area contributed by atoms with Crippen molar-refractivity contribution in [2.24, 2.45) is 5.92 Å². The van der Waals surface area contributed by atoms with Crippen LogP contribution in [0.5, 0.6) is 0 Å². The molecule has 0 bridgehead atoms. The molecule has 1 amide bonds. The molecule has 1 saturated carbocycles. The van der Waals surface area contributed by atoms with Crippen molar-refractivity contribution in [3.63, 3.8) is 0 Å². The molecule has 1 N–H and O–H groups in total.